The molecule has 0 saturated heterocycles. The molecule has 1 rings (SSSR count). The average molecular weight is 401 g/mol. The number of aryl methyl sites for hydroxylation is 1. The predicted octanol–water partition coefficient (Wildman–Crippen LogP) is 4.21. The second kappa shape index (κ2) is 7.42. The molecule has 1 aromatic rings. The van der Waals surface area contributed by atoms with E-state index in [1.807, 2.05) is 6.92 Å². The minimum absolute atomic E-state index is 0.177. The standard InChI is InChI=1S/C13H19F3IN3/c1-4-18-12-11(17)9(7-8(2)3)19-10(20-12)5-6-13(14,15)16/h8H,4-7H2,1-3H3,(H,18,19,20). The third-order valence-corrected chi connectivity index (χ3v) is 3.68. The molecule has 0 bridgehead atoms. The molecule has 0 atom stereocenters. The maximum Gasteiger partial charge on any atom is 0.389 e. The van der Waals surface area contributed by atoms with Crippen molar-refractivity contribution in [3.8, 4) is 0 Å². The summed E-state index contributed by atoms with van der Waals surface area (Å²) in [7, 11) is 0. The summed E-state index contributed by atoms with van der Waals surface area (Å²) < 4.78 is 37.8. The van der Waals surface area contributed by atoms with Gasteiger partial charge in [-0.1, -0.05) is 13.8 Å². The summed E-state index contributed by atoms with van der Waals surface area (Å²) in [5.41, 5.74) is 0.823. The Morgan fingerprint density at radius 2 is 1.90 bits per heavy atom. The van der Waals surface area contributed by atoms with Gasteiger partial charge >= 0.3 is 6.18 Å². The molecule has 3 nitrogen and oxygen atoms in total. The molecule has 20 heavy (non-hydrogen) atoms. The second-order valence-electron chi connectivity index (χ2n) is 4.99. The van der Waals surface area contributed by atoms with Crippen LogP contribution in [0.15, 0.2) is 0 Å². The van der Waals surface area contributed by atoms with Crippen LogP contribution in [0, 0.1) is 9.49 Å². The molecule has 0 radical (unpaired) electrons. The molecule has 0 aliphatic carbocycles. The van der Waals surface area contributed by atoms with E-state index in [1.165, 1.54) is 0 Å². The largest absolute Gasteiger partial charge is 0.389 e. The van der Waals surface area contributed by atoms with E-state index in [-0.39, 0.29) is 12.2 Å². The van der Waals surface area contributed by atoms with Gasteiger partial charge in [-0.25, -0.2) is 9.97 Å². The summed E-state index contributed by atoms with van der Waals surface area (Å²) in [6.07, 6.45) is -4.51. The number of hydrogen-bond donors (Lipinski definition) is 1. The average Bonchev–Trinajstić information content (AvgIpc) is 2.30. The Bertz CT molecular complexity index is 447. The monoisotopic (exact) mass is 401 g/mol. The van der Waals surface area contributed by atoms with Gasteiger partial charge in [-0.15, -0.1) is 0 Å². The molecule has 7 heteroatoms. The summed E-state index contributed by atoms with van der Waals surface area (Å²) in [5.74, 6) is 1.29. The summed E-state index contributed by atoms with van der Waals surface area (Å²) in [6, 6.07) is 0. The van der Waals surface area contributed by atoms with Gasteiger partial charge in [0.15, 0.2) is 0 Å². The van der Waals surface area contributed by atoms with Gasteiger partial charge in [-0.2, -0.15) is 13.2 Å². The highest BCUT2D eigenvalue weighted by Gasteiger charge is 2.27. The first kappa shape index (κ1) is 17.5. The van der Waals surface area contributed by atoms with E-state index in [4.69, 9.17) is 0 Å². The summed E-state index contributed by atoms with van der Waals surface area (Å²) in [6.45, 7) is 6.71. The number of hydrogen-bond acceptors (Lipinski definition) is 3. The highest BCUT2D eigenvalue weighted by molar-refractivity contribution is 14.1. The third kappa shape index (κ3) is 5.80. The first-order valence-electron chi connectivity index (χ1n) is 6.58. The maximum atomic E-state index is 12.3. The Hall–Kier alpha value is -0.600. The zero-order valence-corrected chi connectivity index (χ0v) is 14.0. The van der Waals surface area contributed by atoms with Gasteiger partial charge in [0.25, 0.3) is 0 Å². The SMILES string of the molecule is CCNc1nc(CCC(F)(F)F)nc(CC(C)C)c1I. The fourth-order valence-corrected chi connectivity index (χ4v) is 2.37. The van der Waals surface area contributed by atoms with Crippen molar-refractivity contribution in [1.29, 1.82) is 0 Å². The molecule has 0 aromatic carbocycles. The van der Waals surface area contributed by atoms with E-state index in [0.717, 1.165) is 15.7 Å². The Kier molecular flexibility index (Phi) is 6.47. The van der Waals surface area contributed by atoms with Gasteiger partial charge < -0.3 is 5.32 Å². The van der Waals surface area contributed by atoms with Crippen molar-refractivity contribution in [2.75, 3.05) is 11.9 Å². The van der Waals surface area contributed by atoms with Crippen LogP contribution in [-0.2, 0) is 12.8 Å². The smallest absolute Gasteiger partial charge is 0.369 e. The minimum atomic E-state index is -4.18. The van der Waals surface area contributed by atoms with E-state index in [2.05, 4.69) is 51.7 Å². The van der Waals surface area contributed by atoms with Gasteiger partial charge in [0.05, 0.1) is 15.7 Å². The molecule has 0 aliphatic rings. The first-order chi connectivity index (χ1) is 9.23. The molecular formula is C13H19F3IN3. The highest BCUT2D eigenvalue weighted by Crippen LogP contribution is 2.25. The van der Waals surface area contributed by atoms with E-state index in [1.54, 1.807) is 0 Å². The van der Waals surface area contributed by atoms with Crippen LogP contribution in [-0.4, -0.2) is 22.7 Å². The lowest BCUT2D eigenvalue weighted by Gasteiger charge is -2.14. The van der Waals surface area contributed by atoms with Crippen molar-refractivity contribution in [3.63, 3.8) is 0 Å². The van der Waals surface area contributed by atoms with Crippen LogP contribution in [0.3, 0.4) is 0 Å². The Labute approximate surface area is 130 Å². The van der Waals surface area contributed by atoms with Gasteiger partial charge in [0, 0.05) is 13.0 Å². The van der Waals surface area contributed by atoms with Crippen molar-refractivity contribution in [2.24, 2.45) is 5.92 Å². The number of rotatable bonds is 6. The highest BCUT2D eigenvalue weighted by atomic mass is 127. The van der Waals surface area contributed by atoms with Crippen LogP contribution in [0.1, 0.15) is 38.7 Å². The van der Waals surface area contributed by atoms with Crippen molar-refractivity contribution >= 4 is 28.4 Å². The zero-order chi connectivity index (χ0) is 15.3. The number of nitrogens with one attached hydrogen (secondary N) is 1. The maximum absolute atomic E-state index is 12.3. The van der Waals surface area contributed by atoms with Crippen molar-refractivity contribution < 1.29 is 13.2 Å². The number of anilines is 1. The van der Waals surface area contributed by atoms with Crippen molar-refractivity contribution in [1.82, 2.24) is 9.97 Å². The molecule has 0 saturated carbocycles. The number of alkyl halides is 3. The van der Waals surface area contributed by atoms with Crippen molar-refractivity contribution in [2.45, 2.75) is 46.2 Å². The third-order valence-electron chi connectivity index (χ3n) is 2.54. The van der Waals surface area contributed by atoms with E-state index in [0.29, 0.717) is 18.3 Å². The number of nitrogens with zero attached hydrogens (tertiary/aromatic N) is 2. The normalized spacial score (nSPS) is 12.0. The van der Waals surface area contributed by atoms with Crippen LogP contribution in [0.2, 0.25) is 0 Å². The number of aromatic nitrogens is 2. The van der Waals surface area contributed by atoms with Crippen LogP contribution < -0.4 is 5.32 Å². The van der Waals surface area contributed by atoms with Crippen molar-refractivity contribution in [3.05, 3.63) is 15.1 Å². The minimum Gasteiger partial charge on any atom is -0.369 e. The molecule has 0 unspecified atom stereocenters. The van der Waals surface area contributed by atoms with E-state index >= 15 is 0 Å². The van der Waals surface area contributed by atoms with E-state index < -0.39 is 12.6 Å². The summed E-state index contributed by atoms with van der Waals surface area (Å²) in [5, 5.41) is 3.09. The van der Waals surface area contributed by atoms with Gasteiger partial charge in [-0.3, -0.25) is 0 Å². The molecule has 0 spiro atoms. The Morgan fingerprint density at radius 1 is 1.25 bits per heavy atom. The Morgan fingerprint density at radius 3 is 2.40 bits per heavy atom. The van der Waals surface area contributed by atoms with Gasteiger partial charge in [-0.05, 0) is 41.9 Å². The fraction of sp³-hybridized carbons (Fsp3) is 0.692. The molecule has 114 valence electrons. The molecule has 1 heterocycles. The predicted molar refractivity (Wildman–Crippen MR) is 81.8 cm³/mol. The van der Waals surface area contributed by atoms with Crippen LogP contribution in [0.5, 0.6) is 0 Å². The van der Waals surface area contributed by atoms with Crippen LogP contribution >= 0.6 is 22.6 Å². The molecule has 1 N–H and O–H groups in total. The number of halogens is 4. The van der Waals surface area contributed by atoms with Crippen LogP contribution in [0.25, 0.3) is 0 Å². The molecular weight excluding hydrogens is 382 g/mol. The summed E-state index contributed by atoms with van der Waals surface area (Å²) >= 11 is 2.15. The molecule has 1 aromatic heterocycles. The molecule has 0 amide bonds. The molecule has 0 fully saturated rings. The van der Waals surface area contributed by atoms with Gasteiger partial charge in [0.1, 0.15) is 11.6 Å². The van der Waals surface area contributed by atoms with Gasteiger partial charge in [0.2, 0.25) is 0 Å². The lowest BCUT2D eigenvalue weighted by atomic mass is 10.1. The second-order valence-corrected chi connectivity index (χ2v) is 6.07. The van der Waals surface area contributed by atoms with E-state index in [9.17, 15) is 13.2 Å². The lowest BCUT2D eigenvalue weighted by molar-refractivity contribution is -0.134. The summed E-state index contributed by atoms with van der Waals surface area (Å²) in [4.78, 5) is 8.50. The Balaban J connectivity index is 3.02. The topological polar surface area (TPSA) is 37.8 Å². The fourth-order valence-electron chi connectivity index (χ4n) is 1.72. The lowest BCUT2D eigenvalue weighted by Crippen LogP contribution is -2.14. The quantitative estimate of drug-likeness (QED) is 0.726. The molecule has 0 aliphatic heterocycles. The van der Waals surface area contributed by atoms with Crippen LogP contribution in [0.4, 0.5) is 19.0 Å². The first-order valence-corrected chi connectivity index (χ1v) is 7.66. The zero-order valence-electron chi connectivity index (χ0n) is 11.8.